The van der Waals surface area contributed by atoms with E-state index in [4.69, 9.17) is 5.11 Å². The second-order valence-corrected chi connectivity index (χ2v) is 5.49. The first-order valence-corrected chi connectivity index (χ1v) is 6.97. The second-order valence-electron chi connectivity index (χ2n) is 4.06. The Labute approximate surface area is 111 Å². The van der Waals surface area contributed by atoms with Crippen LogP contribution in [0.2, 0.25) is 0 Å². The second kappa shape index (κ2) is 6.06. The lowest BCUT2D eigenvalue weighted by atomic mass is 10.3. The van der Waals surface area contributed by atoms with Gasteiger partial charge < -0.3 is 14.8 Å². The molecular formula is C12H18N4OS. The lowest BCUT2D eigenvalue weighted by Crippen LogP contribution is -2.05. The van der Waals surface area contributed by atoms with Crippen LogP contribution >= 0.6 is 11.8 Å². The number of aromatic nitrogens is 3. The number of nitrogens with zero attached hydrogens (tertiary/aromatic N) is 3. The highest BCUT2D eigenvalue weighted by Gasteiger charge is 2.11. The maximum absolute atomic E-state index is 8.96. The van der Waals surface area contributed by atoms with Crippen LogP contribution in [0.1, 0.15) is 20.3 Å². The molecule has 2 N–H and O–H groups in total. The predicted octanol–water partition coefficient (Wildman–Crippen LogP) is 2.02. The molecule has 98 valence electrons. The van der Waals surface area contributed by atoms with Crippen molar-refractivity contribution in [2.24, 2.45) is 0 Å². The first kappa shape index (κ1) is 13.2. The van der Waals surface area contributed by atoms with Crippen molar-refractivity contribution in [3.05, 3.63) is 18.6 Å². The van der Waals surface area contributed by atoms with Crippen LogP contribution in [0.4, 0.5) is 5.82 Å². The Balaban J connectivity index is 2.31. The van der Waals surface area contributed by atoms with Crippen LogP contribution in [0.25, 0.3) is 5.65 Å². The minimum Gasteiger partial charge on any atom is -0.396 e. The van der Waals surface area contributed by atoms with Crippen LogP contribution < -0.4 is 5.32 Å². The van der Waals surface area contributed by atoms with Gasteiger partial charge in [0, 0.05) is 30.8 Å². The number of rotatable bonds is 6. The van der Waals surface area contributed by atoms with E-state index in [0.29, 0.717) is 5.25 Å². The molecule has 0 bridgehead atoms. The molecule has 0 aromatic carbocycles. The Kier molecular flexibility index (Phi) is 4.43. The van der Waals surface area contributed by atoms with E-state index in [1.165, 1.54) is 0 Å². The van der Waals surface area contributed by atoms with Crippen LogP contribution in [-0.2, 0) is 0 Å². The van der Waals surface area contributed by atoms with Crippen LogP contribution in [0.15, 0.2) is 23.6 Å². The van der Waals surface area contributed by atoms with Gasteiger partial charge in [-0.3, -0.25) is 0 Å². The first-order valence-electron chi connectivity index (χ1n) is 6.09. The summed E-state index contributed by atoms with van der Waals surface area (Å²) in [6, 6.07) is 0. The fraction of sp³-hybridized carbons (Fsp3) is 0.500. The average Bonchev–Trinajstić information content (AvgIpc) is 2.78. The van der Waals surface area contributed by atoms with Gasteiger partial charge in [0.1, 0.15) is 10.8 Å². The van der Waals surface area contributed by atoms with Crippen molar-refractivity contribution in [1.82, 2.24) is 14.4 Å². The van der Waals surface area contributed by atoms with E-state index in [-0.39, 0.29) is 6.61 Å². The van der Waals surface area contributed by atoms with Crippen LogP contribution in [0.3, 0.4) is 0 Å². The summed E-state index contributed by atoms with van der Waals surface area (Å²) in [5.74, 6) is 0.849. The highest BCUT2D eigenvalue weighted by Crippen LogP contribution is 2.27. The molecule has 0 aliphatic heterocycles. The molecule has 0 aliphatic carbocycles. The van der Waals surface area contributed by atoms with E-state index in [0.717, 1.165) is 29.5 Å². The van der Waals surface area contributed by atoms with Crippen molar-refractivity contribution in [3.63, 3.8) is 0 Å². The molecule has 0 amide bonds. The topological polar surface area (TPSA) is 62.5 Å². The van der Waals surface area contributed by atoms with Gasteiger partial charge in [0.25, 0.3) is 0 Å². The fourth-order valence-corrected chi connectivity index (χ4v) is 2.70. The number of thioether (sulfide) groups is 1. The average molecular weight is 266 g/mol. The third kappa shape index (κ3) is 2.94. The molecule has 6 heteroatoms. The van der Waals surface area contributed by atoms with Crippen molar-refractivity contribution in [2.45, 2.75) is 30.5 Å². The zero-order valence-corrected chi connectivity index (χ0v) is 11.4. The molecule has 0 aliphatic rings. The molecule has 1 unspecified atom stereocenters. The summed E-state index contributed by atoms with van der Waals surface area (Å²) in [4.78, 5) is 8.89. The third-order valence-corrected chi connectivity index (χ3v) is 3.68. The monoisotopic (exact) mass is 266 g/mol. The number of nitrogens with one attached hydrogen (secondary N) is 1. The molecular weight excluding hydrogens is 248 g/mol. The highest BCUT2D eigenvalue weighted by molar-refractivity contribution is 8.00. The molecule has 0 saturated heterocycles. The largest absolute Gasteiger partial charge is 0.396 e. The van der Waals surface area contributed by atoms with Crippen LogP contribution in [-0.4, -0.2) is 37.9 Å². The third-order valence-electron chi connectivity index (χ3n) is 2.55. The summed E-state index contributed by atoms with van der Waals surface area (Å²) in [5, 5.41) is 13.4. The molecule has 2 heterocycles. The van der Waals surface area contributed by atoms with Gasteiger partial charge in [0.05, 0.1) is 6.20 Å². The van der Waals surface area contributed by atoms with Gasteiger partial charge in [-0.15, -0.1) is 0 Å². The minimum absolute atomic E-state index is 0.200. The van der Waals surface area contributed by atoms with E-state index in [9.17, 15) is 0 Å². The van der Waals surface area contributed by atoms with Gasteiger partial charge in [-0.2, -0.15) is 0 Å². The zero-order valence-electron chi connectivity index (χ0n) is 10.6. The molecule has 0 spiro atoms. The van der Waals surface area contributed by atoms with Crippen molar-refractivity contribution in [3.8, 4) is 0 Å². The van der Waals surface area contributed by atoms with E-state index < -0.39 is 0 Å². The number of hydrogen-bond acceptors (Lipinski definition) is 5. The molecule has 1 atom stereocenters. The molecule has 5 nitrogen and oxygen atoms in total. The first-order chi connectivity index (χ1) is 8.74. The standard InChI is InChI=1S/C12H18N4OS/c1-3-13-10-8-16-6-5-14-11(16)12(15-10)18-9(2)4-7-17/h5-6,8-9,13,17H,3-4,7H2,1-2H3. The number of aliphatic hydroxyl groups is 1. The fourth-order valence-electron chi connectivity index (χ4n) is 1.68. The smallest absolute Gasteiger partial charge is 0.169 e. The molecule has 2 aromatic heterocycles. The van der Waals surface area contributed by atoms with Crippen LogP contribution in [0, 0.1) is 0 Å². The predicted molar refractivity (Wildman–Crippen MR) is 74.2 cm³/mol. The number of anilines is 1. The Morgan fingerprint density at radius 1 is 1.56 bits per heavy atom. The summed E-state index contributed by atoms with van der Waals surface area (Å²) >= 11 is 1.65. The van der Waals surface area contributed by atoms with Gasteiger partial charge in [-0.1, -0.05) is 18.7 Å². The zero-order chi connectivity index (χ0) is 13.0. The van der Waals surface area contributed by atoms with Gasteiger partial charge in [0.15, 0.2) is 5.65 Å². The number of hydrogen-bond donors (Lipinski definition) is 2. The molecule has 0 saturated carbocycles. The van der Waals surface area contributed by atoms with Crippen molar-refractivity contribution < 1.29 is 5.11 Å². The lowest BCUT2D eigenvalue weighted by Gasteiger charge is -2.11. The van der Waals surface area contributed by atoms with Crippen LogP contribution in [0.5, 0.6) is 0 Å². The number of imidazole rings is 1. The molecule has 18 heavy (non-hydrogen) atoms. The van der Waals surface area contributed by atoms with E-state index in [1.54, 1.807) is 18.0 Å². The molecule has 2 aromatic rings. The minimum atomic E-state index is 0.200. The van der Waals surface area contributed by atoms with Gasteiger partial charge in [0.2, 0.25) is 0 Å². The summed E-state index contributed by atoms with van der Waals surface area (Å²) in [7, 11) is 0. The summed E-state index contributed by atoms with van der Waals surface area (Å²) in [6.45, 7) is 5.16. The number of aliphatic hydroxyl groups excluding tert-OH is 1. The Bertz CT molecular complexity index is 514. The Morgan fingerprint density at radius 3 is 3.11 bits per heavy atom. The van der Waals surface area contributed by atoms with E-state index >= 15 is 0 Å². The molecule has 0 fully saturated rings. The van der Waals surface area contributed by atoms with Crippen molar-refractivity contribution in [2.75, 3.05) is 18.5 Å². The Morgan fingerprint density at radius 2 is 2.39 bits per heavy atom. The normalized spacial score (nSPS) is 12.8. The summed E-state index contributed by atoms with van der Waals surface area (Å²) in [5.41, 5.74) is 0.867. The SMILES string of the molecule is CCNc1cn2ccnc2c(SC(C)CCO)n1. The maximum atomic E-state index is 8.96. The van der Waals surface area contributed by atoms with Crippen molar-refractivity contribution in [1.29, 1.82) is 0 Å². The quantitative estimate of drug-likeness (QED) is 0.783. The van der Waals surface area contributed by atoms with Gasteiger partial charge in [-0.05, 0) is 13.3 Å². The van der Waals surface area contributed by atoms with Gasteiger partial charge in [-0.25, -0.2) is 9.97 Å². The van der Waals surface area contributed by atoms with E-state index in [2.05, 4.69) is 22.2 Å². The Hall–Kier alpha value is -1.27. The highest BCUT2D eigenvalue weighted by atomic mass is 32.2. The summed E-state index contributed by atoms with van der Waals surface area (Å²) < 4.78 is 1.97. The lowest BCUT2D eigenvalue weighted by molar-refractivity contribution is 0.289. The summed E-state index contributed by atoms with van der Waals surface area (Å²) in [6.07, 6.45) is 6.38. The molecule has 0 radical (unpaired) electrons. The van der Waals surface area contributed by atoms with Crippen molar-refractivity contribution >= 4 is 23.2 Å². The van der Waals surface area contributed by atoms with Gasteiger partial charge >= 0.3 is 0 Å². The number of fused-ring (bicyclic) bond motifs is 1. The maximum Gasteiger partial charge on any atom is 0.169 e. The van der Waals surface area contributed by atoms with E-state index in [1.807, 2.05) is 23.7 Å². The molecule has 2 rings (SSSR count).